The average molecular weight is 348 g/mol. The second-order valence-corrected chi connectivity index (χ2v) is 8.59. The number of ketones is 1. The van der Waals surface area contributed by atoms with E-state index < -0.39 is 10.0 Å². The fourth-order valence-corrected chi connectivity index (χ4v) is 4.88. The maximum absolute atomic E-state index is 12.9. The minimum Gasteiger partial charge on any atom is -0.337 e. The van der Waals surface area contributed by atoms with Gasteiger partial charge in [-0.1, -0.05) is 6.42 Å². The van der Waals surface area contributed by atoms with Gasteiger partial charge in [0.2, 0.25) is 10.0 Å². The first kappa shape index (κ1) is 17.2. The van der Waals surface area contributed by atoms with Crippen LogP contribution < -0.4 is 0 Å². The van der Waals surface area contributed by atoms with Crippen LogP contribution in [0.2, 0.25) is 0 Å². The van der Waals surface area contributed by atoms with Crippen molar-refractivity contribution in [1.82, 2.24) is 8.87 Å². The molecule has 3 rings (SSSR count). The minimum absolute atomic E-state index is 0.0805. The van der Waals surface area contributed by atoms with Crippen molar-refractivity contribution in [3.8, 4) is 0 Å². The van der Waals surface area contributed by atoms with Gasteiger partial charge in [-0.2, -0.15) is 4.31 Å². The van der Waals surface area contributed by atoms with Crippen LogP contribution in [-0.2, 0) is 14.8 Å². The second-order valence-electron chi connectivity index (χ2n) is 6.65. The third kappa shape index (κ3) is 2.89. The molecule has 0 amide bonds. The lowest BCUT2D eigenvalue weighted by atomic mass is 10.2. The molecule has 0 aliphatic carbocycles. The molecule has 0 saturated carbocycles. The molecule has 0 radical (unpaired) electrons. The number of aromatic nitrogens is 1. The summed E-state index contributed by atoms with van der Waals surface area (Å²) in [6, 6.07) is 4.97. The zero-order valence-corrected chi connectivity index (χ0v) is 15.3. The van der Waals surface area contributed by atoms with Crippen molar-refractivity contribution in [1.29, 1.82) is 0 Å². The van der Waals surface area contributed by atoms with Crippen LogP contribution in [0.4, 0.5) is 0 Å². The average Bonchev–Trinajstić information content (AvgIpc) is 2.91. The molecule has 1 atom stereocenters. The van der Waals surface area contributed by atoms with Gasteiger partial charge < -0.3 is 4.57 Å². The second kappa shape index (κ2) is 6.33. The van der Waals surface area contributed by atoms with Gasteiger partial charge in [0.1, 0.15) is 0 Å². The summed E-state index contributed by atoms with van der Waals surface area (Å²) in [6.45, 7) is 6.58. The highest BCUT2D eigenvalue weighted by Gasteiger charge is 2.26. The number of rotatable bonds is 4. The van der Waals surface area contributed by atoms with Crippen molar-refractivity contribution in [3.05, 3.63) is 30.0 Å². The lowest BCUT2D eigenvalue weighted by Crippen LogP contribution is -2.35. The third-order valence-corrected chi connectivity index (χ3v) is 6.86. The molecule has 24 heavy (non-hydrogen) atoms. The van der Waals surface area contributed by atoms with Gasteiger partial charge >= 0.3 is 0 Å². The Morgan fingerprint density at radius 2 is 1.83 bits per heavy atom. The Morgan fingerprint density at radius 1 is 1.17 bits per heavy atom. The van der Waals surface area contributed by atoms with Crippen molar-refractivity contribution in [3.63, 3.8) is 0 Å². The summed E-state index contributed by atoms with van der Waals surface area (Å²) < 4.78 is 29.2. The first-order valence-electron chi connectivity index (χ1n) is 8.44. The Hall–Kier alpha value is -1.66. The third-order valence-electron chi connectivity index (χ3n) is 4.96. The number of nitrogens with zero attached hydrogens (tertiary/aromatic N) is 2. The van der Waals surface area contributed by atoms with E-state index in [0.29, 0.717) is 18.0 Å². The maximum atomic E-state index is 12.9. The smallest absolute Gasteiger partial charge is 0.243 e. The number of Topliss-reactive ketones (excluding diaryl/α,β-unsaturated/α-hetero) is 1. The van der Waals surface area contributed by atoms with Crippen LogP contribution in [0.1, 0.15) is 44.7 Å². The lowest BCUT2D eigenvalue weighted by Gasteiger charge is -2.26. The molecule has 2 aromatic rings. The van der Waals surface area contributed by atoms with E-state index in [-0.39, 0.29) is 11.8 Å². The largest absolute Gasteiger partial charge is 0.337 e. The molecule has 0 N–H and O–H groups in total. The molecule has 1 aromatic carbocycles. The fraction of sp³-hybridized carbons (Fsp3) is 0.500. The van der Waals surface area contributed by atoms with E-state index in [9.17, 15) is 13.2 Å². The van der Waals surface area contributed by atoms with Gasteiger partial charge in [-0.3, -0.25) is 4.79 Å². The SMILES string of the molecule is CC(=O)C(C)n1cc(C)c2cc(S(=O)(=O)N3CCCCC3)ccc21. The normalized spacial score (nSPS) is 18.0. The zero-order valence-electron chi connectivity index (χ0n) is 14.4. The standard InChI is InChI=1S/C18H24N2O3S/c1-13-12-20(14(2)15(3)21)18-8-7-16(11-17(13)18)24(22,23)19-9-5-4-6-10-19/h7-8,11-12,14H,4-6,9-10H2,1-3H3. The Labute approximate surface area is 143 Å². The fourth-order valence-electron chi connectivity index (χ4n) is 3.33. The summed E-state index contributed by atoms with van der Waals surface area (Å²) in [6.07, 6.45) is 4.87. The van der Waals surface area contributed by atoms with E-state index in [0.717, 1.165) is 35.7 Å². The number of fused-ring (bicyclic) bond motifs is 1. The summed E-state index contributed by atoms with van der Waals surface area (Å²) in [7, 11) is -3.44. The van der Waals surface area contributed by atoms with E-state index in [1.165, 1.54) is 0 Å². The highest BCUT2D eigenvalue weighted by Crippen LogP contribution is 2.29. The van der Waals surface area contributed by atoms with E-state index in [4.69, 9.17) is 0 Å². The summed E-state index contributed by atoms with van der Waals surface area (Å²) >= 11 is 0. The summed E-state index contributed by atoms with van der Waals surface area (Å²) in [5.41, 5.74) is 1.88. The summed E-state index contributed by atoms with van der Waals surface area (Å²) in [5.74, 6) is 0.0805. The predicted octanol–water partition coefficient (Wildman–Crippen LogP) is 3.27. The van der Waals surface area contributed by atoms with Gasteiger partial charge in [0, 0.05) is 30.2 Å². The molecule has 1 unspecified atom stereocenters. The number of hydrogen-bond donors (Lipinski definition) is 0. The van der Waals surface area contributed by atoms with Crippen LogP contribution in [-0.4, -0.2) is 36.2 Å². The monoisotopic (exact) mass is 348 g/mol. The van der Waals surface area contributed by atoms with Crippen molar-refractivity contribution >= 4 is 26.7 Å². The summed E-state index contributed by atoms with van der Waals surface area (Å²) in [4.78, 5) is 12.0. The molecule has 1 aliphatic rings. The van der Waals surface area contributed by atoms with Crippen LogP contribution in [0.15, 0.2) is 29.3 Å². The molecule has 1 aliphatic heterocycles. The Bertz CT molecular complexity index is 877. The van der Waals surface area contributed by atoms with Crippen molar-refractivity contribution < 1.29 is 13.2 Å². The molecule has 0 bridgehead atoms. The quantitative estimate of drug-likeness (QED) is 0.852. The van der Waals surface area contributed by atoms with Gasteiger partial charge in [-0.15, -0.1) is 0 Å². The van der Waals surface area contributed by atoms with E-state index in [1.807, 2.05) is 30.7 Å². The molecule has 1 saturated heterocycles. The Balaban J connectivity index is 2.06. The first-order valence-corrected chi connectivity index (χ1v) is 9.88. The van der Waals surface area contributed by atoms with Crippen LogP contribution in [0, 0.1) is 6.92 Å². The van der Waals surface area contributed by atoms with Crippen LogP contribution >= 0.6 is 0 Å². The molecule has 130 valence electrons. The molecule has 1 fully saturated rings. The highest BCUT2D eigenvalue weighted by molar-refractivity contribution is 7.89. The lowest BCUT2D eigenvalue weighted by molar-refractivity contribution is -0.119. The molecular weight excluding hydrogens is 324 g/mol. The molecule has 0 spiro atoms. The number of benzene rings is 1. The molecular formula is C18H24N2O3S. The van der Waals surface area contributed by atoms with Crippen molar-refractivity contribution in [2.45, 2.75) is 51.0 Å². The number of carbonyl (C=O) groups is 1. The number of carbonyl (C=O) groups excluding carboxylic acids is 1. The maximum Gasteiger partial charge on any atom is 0.243 e. The van der Waals surface area contributed by atoms with Gasteiger partial charge in [0.25, 0.3) is 0 Å². The number of piperidine rings is 1. The van der Waals surface area contributed by atoms with Gasteiger partial charge in [0.15, 0.2) is 5.78 Å². The van der Waals surface area contributed by atoms with Crippen molar-refractivity contribution in [2.24, 2.45) is 0 Å². The number of aryl methyl sites for hydroxylation is 1. The number of sulfonamides is 1. The topological polar surface area (TPSA) is 59.4 Å². The zero-order chi connectivity index (χ0) is 17.5. The van der Waals surface area contributed by atoms with Crippen molar-refractivity contribution in [2.75, 3.05) is 13.1 Å². The van der Waals surface area contributed by atoms with E-state index in [1.54, 1.807) is 23.4 Å². The van der Waals surface area contributed by atoms with Gasteiger partial charge in [-0.25, -0.2) is 8.42 Å². The molecule has 2 heterocycles. The van der Waals surface area contributed by atoms with E-state index >= 15 is 0 Å². The highest BCUT2D eigenvalue weighted by atomic mass is 32.2. The summed E-state index contributed by atoms with van der Waals surface area (Å²) in [5, 5.41) is 0.890. The Morgan fingerprint density at radius 3 is 2.46 bits per heavy atom. The van der Waals surface area contributed by atoms with Gasteiger partial charge in [0.05, 0.1) is 10.9 Å². The van der Waals surface area contributed by atoms with Crippen LogP contribution in [0.3, 0.4) is 0 Å². The van der Waals surface area contributed by atoms with Crippen LogP contribution in [0.25, 0.3) is 10.9 Å². The van der Waals surface area contributed by atoms with Gasteiger partial charge in [-0.05, 0) is 57.4 Å². The number of hydrogen-bond acceptors (Lipinski definition) is 3. The minimum atomic E-state index is -3.44. The predicted molar refractivity (Wildman–Crippen MR) is 94.7 cm³/mol. The first-order chi connectivity index (χ1) is 11.3. The molecule has 5 nitrogen and oxygen atoms in total. The molecule has 6 heteroatoms. The molecule has 1 aromatic heterocycles. The van der Waals surface area contributed by atoms with E-state index in [2.05, 4.69) is 0 Å². The Kier molecular flexibility index (Phi) is 4.53. The van der Waals surface area contributed by atoms with Crippen LogP contribution in [0.5, 0.6) is 0 Å².